The molecule has 3 saturated heterocycles. The van der Waals surface area contributed by atoms with E-state index in [1.165, 1.54) is 23.5 Å². The van der Waals surface area contributed by atoms with Crippen molar-refractivity contribution in [3.63, 3.8) is 0 Å². The number of anilines is 1. The van der Waals surface area contributed by atoms with Gasteiger partial charge in [0.25, 0.3) is 0 Å². The van der Waals surface area contributed by atoms with Gasteiger partial charge in [0.1, 0.15) is 18.2 Å². The third-order valence-electron chi connectivity index (χ3n) is 8.65. The van der Waals surface area contributed by atoms with E-state index in [-0.39, 0.29) is 35.3 Å². The predicted molar refractivity (Wildman–Crippen MR) is 157 cm³/mol. The lowest BCUT2D eigenvalue weighted by atomic mass is 9.91. The Morgan fingerprint density at radius 3 is 2.54 bits per heavy atom. The Bertz CT molecular complexity index is 1530. The number of hydrogen-bond donors (Lipinski definition) is 1. The summed E-state index contributed by atoms with van der Waals surface area (Å²) in [5.74, 6) is -0.407. The van der Waals surface area contributed by atoms with Crippen LogP contribution in [0.1, 0.15) is 42.4 Å². The summed E-state index contributed by atoms with van der Waals surface area (Å²) < 4.78 is 44.0. The average molecular weight is 600 g/mol. The van der Waals surface area contributed by atoms with Crippen molar-refractivity contribution in [1.82, 2.24) is 9.88 Å². The number of fused-ring (bicyclic) bond motifs is 2. The summed E-state index contributed by atoms with van der Waals surface area (Å²) in [5, 5.41) is 12.3. The second kappa shape index (κ2) is 11.3. The van der Waals surface area contributed by atoms with Crippen LogP contribution in [0.2, 0.25) is 0 Å². The van der Waals surface area contributed by atoms with E-state index in [0.29, 0.717) is 56.1 Å². The van der Waals surface area contributed by atoms with Gasteiger partial charge in [-0.3, -0.25) is 9.69 Å². The summed E-state index contributed by atoms with van der Waals surface area (Å²) in [5.41, 5.74) is 4.46. The molecule has 0 spiro atoms. The molecule has 1 aromatic heterocycles. The molecule has 3 aliphatic rings. The standard InChI is InChI=1S/C30H34FN3O5S2/c1-19-12-20(16-33-8-10-41(37,38)11-9-33)2-3-21(19)17-39-28-7-4-23(31)15-26(28)27-18-40-30(32-27)34-24-5-6-25(34)14-22(13-24)29(35)36/h2-4,7,12,15,18,22,24-25H,5-6,8-11,13-14,16-17H2,1H3,(H,35,36). The van der Waals surface area contributed by atoms with Crippen molar-refractivity contribution in [2.24, 2.45) is 5.92 Å². The number of carbonyl (C=O) groups is 1. The molecule has 3 aromatic rings. The third-order valence-corrected chi connectivity index (χ3v) is 11.1. The molecular formula is C30H34FN3O5S2. The predicted octanol–water partition coefficient (Wildman–Crippen LogP) is 4.90. The molecule has 0 saturated carbocycles. The Labute approximate surface area is 243 Å². The van der Waals surface area contributed by atoms with Gasteiger partial charge in [-0.05, 0) is 67.5 Å². The summed E-state index contributed by atoms with van der Waals surface area (Å²) in [6.45, 7) is 4.17. The SMILES string of the molecule is Cc1cc(CN2CCS(=O)(=O)CC2)ccc1COc1ccc(F)cc1-c1csc(N2C3CCC2CC(C(=O)O)C3)n1. The van der Waals surface area contributed by atoms with Gasteiger partial charge in [-0.1, -0.05) is 18.2 Å². The zero-order valence-corrected chi connectivity index (χ0v) is 24.6. The minimum Gasteiger partial charge on any atom is -0.488 e. The van der Waals surface area contributed by atoms with Crippen LogP contribution < -0.4 is 9.64 Å². The van der Waals surface area contributed by atoms with Crippen molar-refractivity contribution in [2.45, 2.75) is 57.8 Å². The Kier molecular flexibility index (Phi) is 7.78. The molecule has 0 amide bonds. The number of ether oxygens (including phenoxy) is 1. The van der Waals surface area contributed by atoms with Crippen LogP contribution in [0.4, 0.5) is 9.52 Å². The summed E-state index contributed by atoms with van der Waals surface area (Å²) in [6.07, 6.45) is 3.20. The molecule has 6 rings (SSSR count). The van der Waals surface area contributed by atoms with Crippen molar-refractivity contribution >= 4 is 32.3 Å². The fourth-order valence-corrected chi connectivity index (χ4v) is 8.61. The van der Waals surface area contributed by atoms with Crippen LogP contribution in [0.25, 0.3) is 11.3 Å². The minimum absolute atomic E-state index is 0.172. The first kappa shape index (κ1) is 28.1. The molecule has 4 heterocycles. The lowest BCUT2D eigenvalue weighted by molar-refractivity contribution is -0.142. The summed E-state index contributed by atoms with van der Waals surface area (Å²) in [6, 6.07) is 11.0. The molecule has 2 atom stereocenters. The van der Waals surface area contributed by atoms with E-state index in [0.717, 1.165) is 34.7 Å². The van der Waals surface area contributed by atoms with E-state index in [1.54, 1.807) is 6.07 Å². The number of aromatic nitrogens is 1. The molecule has 218 valence electrons. The first-order chi connectivity index (χ1) is 19.6. The van der Waals surface area contributed by atoms with Crippen LogP contribution in [0, 0.1) is 18.7 Å². The summed E-state index contributed by atoms with van der Waals surface area (Å²) in [4.78, 5) is 20.9. The van der Waals surface area contributed by atoms with Crippen molar-refractivity contribution in [2.75, 3.05) is 29.5 Å². The number of rotatable bonds is 8. The van der Waals surface area contributed by atoms with Gasteiger partial charge in [0, 0.05) is 42.7 Å². The van der Waals surface area contributed by atoms with E-state index in [2.05, 4.69) is 21.9 Å². The van der Waals surface area contributed by atoms with Crippen molar-refractivity contribution in [3.05, 3.63) is 64.3 Å². The Morgan fingerprint density at radius 1 is 1.12 bits per heavy atom. The fraction of sp³-hybridized carbons (Fsp3) is 0.467. The zero-order chi connectivity index (χ0) is 28.7. The Balaban J connectivity index is 1.14. The lowest BCUT2D eigenvalue weighted by Gasteiger charge is -2.37. The Hall–Kier alpha value is -3.02. The molecule has 0 radical (unpaired) electrons. The monoisotopic (exact) mass is 599 g/mol. The van der Waals surface area contributed by atoms with Gasteiger partial charge in [-0.2, -0.15) is 0 Å². The normalized spacial score (nSPS) is 24.0. The number of sulfone groups is 1. The van der Waals surface area contributed by atoms with Gasteiger partial charge in [-0.25, -0.2) is 17.8 Å². The van der Waals surface area contributed by atoms with Crippen LogP contribution in [0.3, 0.4) is 0 Å². The number of hydrogen-bond acceptors (Lipinski definition) is 8. The first-order valence-electron chi connectivity index (χ1n) is 14.1. The number of carboxylic acids is 1. The topological polar surface area (TPSA) is 100 Å². The highest BCUT2D eigenvalue weighted by Crippen LogP contribution is 2.44. The Morgan fingerprint density at radius 2 is 1.85 bits per heavy atom. The van der Waals surface area contributed by atoms with Gasteiger partial charge in [0.05, 0.1) is 23.1 Å². The quantitative estimate of drug-likeness (QED) is 0.391. The molecular weight excluding hydrogens is 565 g/mol. The first-order valence-corrected chi connectivity index (χ1v) is 16.8. The lowest BCUT2D eigenvalue weighted by Crippen LogP contribution is -2.44. The van der Waals surface area contributed by atoms with Crippen molar-refractivity contribution in [3.8, 4) is 17.0 Å². The molecule has 2 aromatic carbocycles. The molecule has 1 N–H and O–H groups in total. The summed E-state index contributed by atoms with van der Waals surface area (Å²) in [7, 11) is -2.90. The van der Waals surface area contributed by atoms with Crippen LogP contribution in [0.5, 0.6) is 5.75 Å². The highest BCUT2D eigenvalue weighted by molar-refractivity contribution is 7.91. The molecule has 3 fully saturated rings. The number of halogens is 1. The number of piperidine rings is 1. The fourth-order valence-electron chi connectivity index (χ4n) is 6.37. The largest absolute Gasteiger partial charge is 0.488 e. The smallest absolute Gasteiger partial charge is 0.306 e. The van der Waals surface area contributed by atoms with Crippen molar-refractivity contribution in [1.29, 1.82) is 0 Å². The summed E-state index contributed by atoms with van der Waals surface area (Å²) >= 11 is 1.51. The van der Waals surface area contributed by atoms with Gasteiger partial charge >= 0.3 is 5.97 Å². The van der Waals surface area contributed by atoms with Gasteiger partial charge in [-0.15, -0.1) is 11.3 Å². The van der Waals surface area contributed by atoms with Crippen LogP contribution in [-0.4, -0.2) is 66.1 Å². The molecule has 3 aliphatic heterocycles. The van der Waals surface area contributed by atoms with Crippen molar-refractivity contribution < 1.29 is 27.4 Å². The number of carboxylic acid groups (broad SMARTS) is 1. The second-order valence-corrected chi connectivity index (χ2v) is 14.6. The average Bonchev–Trinajstić information content (AvgIpc) is 3.51. The molecule has 2 bridgehead atoms. The van der Waals surface area contributed by atoms with E-state index >= 15 is 0 Å². The number of nitrogens with zero attached hydrogens (tertiary/aromatic N) is 3. The van der Waals surface area contributed by atoms with Gasteiger partial charge in [0.15, 0.2) is 15.0 Å². The maximum atomic E-state index is 14.4. The van der Waals surface area contributed by atoms with E-state index in [9.17, 15) is 22.7 Å². The van der Waals surface area contributed by atoms with Crippen LogP contribution in [-0.2, 0) is 27.8 Å². The van der Waals surface area contributed by atoms with E-state index < -0.39 is 15.8 Å². The number of aryl methyl sites for hydroxylation is 1. The number of thiazole rings is 1. The van der Waals surface area contributed by atoms with Crippen LogP contribution >= 0.6 is 11.3 Å². The second-order valence-electron chi connectivity index (χ2n) is 11.4. The molecule has 0 aliphatic carbocycles. The minimum atomic E-state index is -2.90. The number of benzene rings is 2. The highest BCUT2D eigenvalue weighted by Gasteiger charge is 2.44. The van der Waals surface area contributed by atoms with Gasteiger partial charge < -0.3 is 14.7 Å². The maximum absolute atomic E-state index is 14.4. The van der Waals surface area contributed by atoms with Crippen LogP contribution in [0.15, 0.2) is 41.8 Å². The van der Waals surface area contributed by atoms with E-state index in [4.69, 9.17) is 9.72 Å². The highest BCUT2D eigenvalue weighted by atomic mass is 32.2. The third kappa shape index (κ3) is 6.12. The maximum Gasteiger partial charge on any atom is 0.306 e. The number of aliphatic carboxylic acids is 1. The molecule has 11 heteroatoms. The molecule has 2 unspecified atom stereocenters. The van der Waals surface area contributed by atoms with E-state index in [1.807, 2.05) is 18.4 Å². The molecule has 41 heavy (non-hydrogen) atoms. The molecule has 8 nitrogen and oxygen atoms in total. The zero-order valence-electron chi connectivity index (χ0n) is 23.0. The van der Waals surface area contributed by atoms with Gasteiger partial charge in [0.2, 0.25) is 0 Å².